The fourth-order valence-corrected chi connectivity index (χ4v) is 4.80. The van der Waals surface area contributed by atoms with Crippen LogP contribution in [0.25, 0.3) is 0 Å². The maximum atomic E-state index is 12.5. The van der Waals surface area contributed by atoms with Crippen LogP contribution in [0.1, 0.15) is 46.6 Å². The Bertz CT molecular complexity index is 825. The molecule has 1 amide bonds. The Morgan fingerprint density at radius 3 is 2.67 bits per heavy atom. The van der Waals surface area contributed by atoms with Gasteiger partial charge in [0.2, 0.25) is 5.91 Å². The minimum absolute atomic E-state index is 0.143. The van der Waals surface area contributed by atoms with Crippen molar-refractivity contribution in [1.29, 1.82) is 0 Å². The molecule has 1 aliphatic rings. The first-order chi connectivity index (χ1) is 13.0. The van der Waals surface area contributed by atoms with E-state index in [4.69, 9.17) is 9.47 Å². The number of ether oxygens (including phenoxy) is 2. The van der Waals surface area contributed by atoms with E-state index in [-0.39, 0.29) is 18.3 Å². The Morgan fingerprint density at radius 2 is 2.00 bits per heavy atom. The molecule has 1 N–H and O–H groups in total. The number of carbonyl (C=O) groups excluding carboxylic acids is 2. The molecule has 5 nitrogen and oxygen atoms in total. The SMILES string of the molecule is CCOc1ccc(CC(=O)Nc2sc3c(c2C(=O)OC)CCC(C)C3)cc1. The number of thiophene rings is 1. The maximum absolute atomic E-state index is 12.5. The normalized spacial score (nSPS) is 15.7. The minimum Gasteiger partial charge on any atom is -0.494 e. The van der Waals surface area contributed by atoms with Crippen LogP contribution in [0.4, 0.5) is 5.00 Å². The van der Waals surface area contributed by atoms with E-state index < -0.39 is 0 Å². The monoisotopic (exact) mass is 387 g/mol. The molecule has 0 radical (unpaired) electrons. The van der Waals surface area contributed by atoms with Crippen LogP contribution in [-0.2, 0) is 28.8 Å². The summed E-state index contributed by atoms with van der Waals surface area (Å²) in [5.74, 6) is 0.859. The van der Waals surface area contributed by atoms with Crippen LogP contribution in [0.5, 0.6) is 5.75 Å². The Hall–Kier alpha value is -2.34. The van der Waals surface area contributed by atoms with Crippen LogP contribution >= 0.6 is 11.3 Å². The zero-order valence-electron chi connectivity index (χ0n) is 16.0. The average Bonchev–Trinajstić information content (AvgIpc) is 2.99. The second kappa shape index (κ2) is 8.57. The summed E-state index contributed by atoms with van der Waals surface area (Å²) >= 11 is 1.50. The van der Waals surface area contributed by atoms with E-state index in [1.807, 2.05) is 31.2 Å². The van der Waals surface area contributed by atoms with Gasteiger partial charge in [0.05, 0.1) is 25.7 Å². The molecule has 1 atom stereocenters. The van der Waals surface area contributed by atoms with Gasteiger partial charge in [0.25, 0.3) is 0 Å². The minimum atomic E-state index is -0.376. The summed E-state index contributed by atoms with van der Waals surface area (Å²) < 4.78 is 10.4. The molecule has 0 aliphatic heterocycles. The number of nitrogens with one attached hydrogen (secondary N) is 1. The molecule has 1 aliphatic carbocycles. The zero-order chi connectivity index (χ0) is 19.4. The molecular formula is C21H25NO4S. The van der Waals surface area contributed by atoms with Crippen molar-refractivity contribution in [2.75, 3.05) is 19.0 Å². The lowest BCUT2D eigenvalue weighted by Gasteiger charge is -2.18. The molecule has 144 valence electrons. The van der Waals surface area contributed by atoms with Crippen molar-refractivity contribution >= 4 is 28.2 Å². The highest BCUT2D eigenvalue weighted by molar-refractivity contribution is 7.17. The molecule has 0 bridgehead atoms. The van der Waals surface area contributed by atoms with Crippen LogP contribution in [0, 0.1) is 5.92 Å². The predicted octanol–water partition coefficient (Wildman–Crippen LogP) is 4.24. The number of fused-ring (bicyclic) bond motifs is 1. The third-order valence-corrected chi connectivity index (χ3v) is 5.92. The van der Waals surface area contributed by atoms with E-state index in [0.717, 1.165) is 36.1 Å². The standard InChI is InChI=1S/C21H25NO4S/c1-4-26-15-8-6-14(7-9-15)12-18(23)22-20-19(21(24)25-3)16-10-5-13(2)11-17(16)27-20/h6-9,13H,4-5,10-12H2,1-3H3,(H,22,23). The Labute approximate surface area is 163 Å². The summed E-state index contributed by atoms with van der Waals surface area (Å²) in [4.78, 5) is 26.0. The summed E-state index contributed by atoms with van der Waals surface area (Å²) in [6, 6.07) is 7.48. The largest absolute Gasteiger partial charge is 0.494 e. The molecule has 0 fully saturated rings. The molecule has 0 spiro atoms. The molecule has 6 heteroatoms. The van der Waals surface area contributed by atoms with Crippen LogP contribution in [0.15, 0.2) is 24.3 Å². The summed E-state index contributed by atoms with van der Waals surface area (Å²) in [6.07, 6.45) is 3.09. The number of methoxy groups -OCH3 is 1. The van der Waals surface area contributed by atoms with Crippen molar-refractivity contribution in [2.45, 2.75) is 39.5 Å². The highest BCUT2D eigenvalue weighted by Crippen LogP contribution is 2.40. The van der Waals surface area contributed by atoms with Gasteiger partial charge < -0.3 is 14.8 Å². The lowest BCUT2D eigenvalue weighted by Crippen LogP contribution is -2.17. The topological polar surface area (TPSA) is 64.6 Å². The predicted molar refractivity (Wildman–Crippen MR) is 107 cm³/mol. The molecule has 1 aromatic carbocycles. The summed E-state index contributed by atoms with van der Waals surface area (Å²) in [7, 11) is 1.38. The molecule has 0 saturated heterocycles. The van der Waals surface area contributed by atoms with Crippen molar-refractivity contribution in [1.82, 2.24) is 0 Å². The second-order valence-corrected chi connectivity index (χ2v) is 7.95. The number of benzene rings is 1. The Morgan fingerprint density at radius 1 is 1.26 bits per heavy atom. The number of anilines is 1. The van der Waals surface area contributed by atoms with E-state index in [1.54, 1.807) is 0 Å². The van der Waals surface area contributed by atoms with Crippen molar-refractivity contribution in [3.63, 3.8) is 0 Å². The summed E-state index contributed by atoms with van der Waals surface area (Å²) in [5, 5.41) is 3.54. The zero-order valence-corrected chi connectivity index (χ0v) is 16.8. The van der Waals surface area contributed by atoms with Crippen LogP contribution in [0.3, 0.4) is 0 Å². The molecule has 2 aromatic rings. The molecule has 0 saturated carbocycles. The smallest absolute Gasteiger partial charge is 0.341 e. The van der Waals surface area contributed by atoms with Crippen molar-refractivity contribution in [3.8, 4) is 5.75 Å². The summed E-state index contributed by atoms with van der Waals surface area (Å²) in [5.41, 5.74) is 2.47. The second-order valence-electron chi connectivity index (χ2n) is 6.85. The Balaban J connectivity index is 1.76. The number of hydrogen-bond acceptors (Lipinski definition) is 5. The van der Waals surface area contributed by atoms with Crippen molar-refractivity contribution in [3.05, 3.63) is 45.8 Å². The quantitative estimate of drug-likeness (QED) is 0.753. The third-order valence-electron chi connectivity index (χ3n) is 4.75. The fourth-order valence-electron chi connectivity index (χ4n) is 3.38. The van der Waals surface area contributed by atoms with E-state index >= 15 is 0 Å². The molecule has 1 aromatic heterocycles. The molecular weight excluding hydrogens is 362 g/mol. The van der Waals surface area contributed by atoms with Gasteiger partial charge in [0, 0.05) is 4.88 Å². The Kier molecular flexibility index (Phi) is 6.16. The third kappa shape index (κ3) is 4.50. The van der Waals surface area contributed by atoms with Gasteiger partial charge in [0.15, 0.2) is 0 Å². The van der Waals surface area contributed by atoms with Gasteiger partial charge in [-0.15, -0.1) is 11.3 Å². The molecule has 1 unspecified atom stereocenters. The summed E-state index contributed by atoms with van der Waals surface area (Å²) in [6.45, 7) is 4.75. The van der Waals surface area contributed by atoms with Gasteiger partial charge in [-0.25, -0.2) is 4.79 Å². The van der Waals surface area contributed by atoms with Crippen LogP contribution in [-0.4, -0.2) is 25.6 Å². The number of amides is 1. The van der Waals surface area contributed by atoms with E-state index in [1.165, 1.54) is 23.3 Å². The lowest BCUT2D eigenvalue weighted by atomic mass is 9.88. The van der Waals surface area contributed by atoms with Gasteiger partial charge in [-0.3, -0.25) is 4.79 Å². The van der Waals surface area contributed by atoms with E-state index in [0.29, 0.717) is 23.1 Å². The van der Waals surface area contributed by atoms with Gasteiger partial charge in [-0.2, -0.15) is 0 Å². The van der Waals surface area contributed by atoms with Gasteiger partial charge in [-0.1, -0.05) is 19.1 Å². The van der Waals surface area contributed by atoms with Crippen molar-refractivity contribution < 1.29 is 19.1 Å². The number of carbonyl (C=O) groups is 2. The van der Waals surface area contributed by atoms with Crippen molar-refractivity contribution in [2.24, 2.45) is 5.92 Å². The maximum Gasteiger partial charge on any atom is 0.341 e. The molecule has 3 rings (SSSR count). The van der Waals surface area contributed by atoms with E-state index in [2.05, 4.69) is 12.2 Å². The first kappa shape index (κ1) is 19.4. The average molecular weight is 388 g/mol. The highest BCUT2D eigenvalue weighted by Gasteiger charge is 2.28. The number of esters is 1. The first-order valence-corrected chi connectivity index (χ1v) is 10.1. The number of hydrogen-bond donors (Lipinski definition) is 1. The fraction of sp³-hybridized carbons (Fsp3) is 0.429. The van der Waals surface area contributed by atoms with Gasteiger partial charge in [-0.05, 0) is 55.4 Å². The number of rotatable bonds is 6. The highest BCUT2D eigenvalue weighted by atomic mass is 32.1. The van der Waals surface area contributed by atoms with Gasteiger partial charge in [0.1, 0.15) is 10.8 Å². The van der Waals surface area contributed by atoms with Gasteiger partial charge >= 0.3 is 5.97 Å². The van der Waals surface area contributed by atoms with E-state index in [9.17, 15) is 9.59 Å². The van der Waals surface area contributed by atoms with Crippen LogP contribution in [0.2, 0.25) is 0 Å². The lowest BCUT2D eigenvalue weighted by molar-refractivity contribution is -0.115. The van der Waals surface area contributed by atoms with Crippen LogP contribution < -0.4 is 10.1 Å². The molecule has 1 heterocycles. The first-order valence-electron chi connectivity index (χ1n) is 9.26. The molecule has 27 heavy (non-hydrogen) atoms.